The molecule has 0 unspecified atom stereocenters. The zero-order valence-corrected chi connectivity index (χ0v) is 11.8. The van der Waals surface area contributed by atoms with Crippen molar-refractivity contribution in [2.24, 2.45) is 0 Å². The van der Waals surface area contributed by atoms with Crippen molar-refractivity contribution >= 4 is 29.0 Å². The summed E-state index contributed by atoms with van der Waals surface area (Å²) in [7, 11) is 1.54. The van der Waals surface area contributed by atoms with E-state index < -0.39 is 0 Å². The van der Waals surface area contributed by atoms with Crippen LogP contribution in [-0.2, 0) is 4.79 Å². The number of carbonyl (C=O) groups is 1. The second-order valence-corrected chi connectivity index (χ2v) is 5.17. The van der Waals surface area contributed by atoms with E-state index in [9.17, 15) is 4.79 Å². The first-order chi connectivity index (χ1) is 9.17. The molecule has 5 nitrogen and oxygen atoms in total. The highest BCUT2D eigenvalue weighted by Gasteiger charge is 2.07. The third-order valence-corrected chi connectivity index (χ3v) is 3.49. The van der Waals surface area contributed by atoms with Gasteiger partial charge < -0.3 is 20.9 Å². The van der Waals surface area contributed by atoms with Crippen LogP contribution in [0.3, 0.4) is 0 Å². The van der Waals surface area contributed by atoms with Gasteiger partial charge in [-0.2, -0.15) is 11.8 Å². The van der Waals surface area contributed by atoms with Gasteiger partial charge in [0.15, 0.2) is 0 Å². The van der Waals surface area contributed by atoms with Crippen LogP contribution < -0.4 is 15.8 Å². The third-order valence-electron chi connectivity index (χ3n) is 2.42. The predicted octanol–water partition coefficient (Wildman–Crippen LogP) is 1.72. The van der Waals surface area contributed by atoms with Crippen molar-refractivity contribution in [3.8, 4) is 5.75 Å². The Balaban J connectivity index is 2.39. The minimum atomic E-state index is -0.0560. The molecule has 0 atom stereocenters. The fourth-order valence-corrected chi connectivity index (χ4v) is 2.32. The van der Waals surface area contributed by atoms with Gasteiger partial charge in [-0.1, -0.05) is 0 Å². The lowest BCUT2D eigenvalue weighted by atomic mass is 10.2. The Kier molecular flexibility index (Phi) is 7.14. The lowest BCUT2D eigenvalue weighted by molar-refractivity contribution is -0.115. The number of nitrogens with one attached hydrogen (secondary N) is 1. The van der Waals surface area contributed by atoms with Crippen LogP contribution in [0.4, 0.5) is 11.4 Å². The summed E-state index contributed by atoms with van der Waals surface area (Å²) >= 11 is 1.66. The average Bonchev–Trinajstić information content (AvgIpc) is 2.40. The van der Waals surface area contributed by atoms with Crippen LogP contribution in [0.25, 0.3) is 0 Å². The van der Waals surface area contributed by atoms with E-state index in [2.05, 4.69) is 5.32 Å². The van der Waals surface area contributed by atoms with Crippen molar-refractivity contribution in [3.05, 3.63) is 18.2 Å². The number of methoxy groups -OCH3 is 1. The monoisotopic (exact) mass is 284 g/mol. The Morgan fingerprint density at radius 3 is 2.95 bits per heavy atom. The fraction of sp³-hybridized carbons (Fsp3) is 0.462. The molecule has 1 aromatic rings. The molecule has 106 valence electrons. The van der Waals surface area contributed by atoms with Gasteiger partial charge in [0.05, 0.1) is 12.8 Å². The summed E-state index contributed by atoms with van der Waals surface area (Å²) in [6, 6.07) is 5.12. The van der Waals surface area contributed by atoms with Gasteiger partial charge in [-0.15, -0.1) is 0 Å². The maximum absolute atomic E-state index is 11.7. The SMILES string of the molecule is COc1cc(N)ccc1NC(=O)CCSCCCO. The van der Waals surface area contributed by atoms with E-state index in [1.54, 1.807) is 30.0 Å². The number of aliphatic hydroxyl groups is 1. The Labute approximate surface area is 117 Å². The van der Waals surface area contributed by atoms with E-state index in [0.29, 0.717) is 23.5 Å². The summed E-state index contributed by atoms with van der Waals surface area (Å²) in [5.74, 6) is 2.11. The molecule has 0 aliphatic carbocycles. The molecule has 0 bridgehead atoms. The summed E-state index contributed by atoms with van der Waals surface area (Å²) in [5, 5.41) is 11.4. The topological polar surface area (TPSA) is 84.6 Å². The minimum absolute atomic E-state index is 0.0560. The molecule has 0 aliphatic heterocycles. The number of benzene rings is 1. The number of thioether (sulfide) groups is 1. The molecule has 0 heterocycles. The Morgan fingerprint density at radius 2 is 2.26 bits per heavy atom. The Hall–Kier alpha value is -1.40. The normalized spacial score (nSPS) is 10.2. The van der Waals surface area contributed by atoms with Crippen LogP contribution in [0.1, 0.15) is 12.8 Å². The maximum Gasteiger partial charge on any atom is 0.225 e. The van der Waals surface area contributed by atoms with Crippen LogP contribution in [0.2, 0.25) is 0 Å². The van der Waals surface area contributed by atoms with Gasteiger partial charge in [-0.25, -0.2) is 0 Å². The van der Waals surface area contributed by atoms with E-state index in [1.807, 2.05) is 0 Å². The number of rotatable bonds is 8. The highest BCUT2D eigenvalue weighted by molar-refractivity contribution is 7.99. The van der Waals surface area contributed by atoms with Crippen molar-refractivity contribution in [1.29, 1.82) is 0 Å². The number of hydrogen-bond donors (Lipinski definition) is 3. The maximum atomic E-state index is 11.7. The van der Waals surface area contributed by atoms with Gasteiger partial charge in [0.2, 0.25) is 5.91 Å². The number of aliphatic hydroxyl groups excluding tert-OH is 1. The number of hydrogen-bond acceptors (Lipinski definition) is 5. The highest BCUT2D eigenvalue weighted by Crippen LogP contribution is 2.26. The molecule has 4 N–H and O–H groups in total. The van der Waals surface area contributed by atoms with Crippen molar-refractivity contribution < 1.29 is 14.6 Å². The molecule has 0 aromatic heterocycles. The highest BCUT2D eigenvalue weighted by atomic mass is 32.2. The summed E-state index contributed by atoms with van der Waals surface area (Å²) in [6.45, 7) is 0.196. The van der Waals surface area contributed by atoms with E-state index in [0.717, 1.165) is 17.9 Å². The van der Waals surface area contributed by atoms with Crippen molar-refractivity contribution in [3.63, 3.8) is 0 Å². The molecule has 0 spiro atoms. The average molecular weight is 284 g/mol. The fourth-order valence-electron chi connectivity index (χ4n) is 1.46. The molecule has 19 heavy (non-hydrogen) atoms. The number of nitrogen functional groups attached to an aromatic ring is 1. The summed E-state index contributed by atoms with van der Waals surface area (Å²) in [6.07, 6.45) is 1.20. The summed E-state index contributed by atoms with van der Waals surface area (Å²) in [5.41, 5.74) is 6.86. The number of carbonyl (C=O) groups excluding carboxylic acids is 1. The first-order valence-electron chi connectivity index (χ1n) is 6.09. The number of anilines is 2. The molecule has 0 saturated carbocycles. The van der Waals surface area contributed by atoms with Gasteiger partial charge in [-0.05, 0) is 24.3 Å². The molecule has 0 fully saturated rings. The largest absolute Gasteiger partial charge is 0.494 e. The number of nitrogens with two attached hydrogens (primary N) is 1. The molecule has 1 aromatic carbocycles. The van der Waals surface area contributed by atoms with E-state index >= 15 is 0 Å². The lowest BCUT2D eigenvalue weighted by Crippen LogP contribution is -2.13. The van der Waals surface area contributed by atoms with Gasteiger partial charge in [0.25, 0.3) is 0 Å². The number of ether oxygens (including phenoxy) is 1. The zero-order valence-electron chi connectivity index (χ0n) is 11.0. The van der Waals surface area contributed by atoms with Crippen LogP contribution in [-0.4, -0.2) is 36.2 Å². The molecule has 6 heteroatoms. The van der Waals surface area contributed by atoms with Crippen LogP contribution >= 0.6 is 11.8 Å². The second kappa shape index (κ2) is 8.66. The molecule has 1 amide bonds. The predicted molar refractivity (Wildman–Crippen MR) is 79.7 cm³/mol. The molecular weight excluding hydrogens is 264 g/mol. The Morgan fingerprint density at radius 1 is 1.47 bits per heavy atom. The van der Waals surface area contributed by atoms with Crippen LogP contribution in [0.5, 0.6) is 5.75 Å². The summed E-state index contributed by atoms with van der Waals surface area (Å²) < 4.78 is 5.16. The van der Waals surface area contributed by atoms with Crippen molar-refractivity contribution in [2.45, 2.75) is 12.8 Å². The van der Waals surface area contributed by atoms with Crippen molar-refractivity contribution in [1.82, 2.24) is 0 Å². The molecular formula is C13H20N2O3S. The van der Waals surface area contributed by atoms with Gasteiger partial charge in [0, 0.05) is 30.5 Å². The standard InChI is InChI=1S/C13H20N2O3S/c1-18-12-9-10(14)3-4-11(12)15-13(17)5-8-19-7-2-6-16/h3-4,9,16H,2,5-8,14H2,1H3,(H,15,17). The van der Waals surface area contributed by atoms with Crippen molar-refractivity contribution in [2.75, 3.05) is 36.3 Å². The van der Waals surface area contributed by atoms with E-state index in [1.165, 1.54) is 7.11 Å². The lowest BCUT2D eigenvalue weighted by Gasteiger charge is -2.10. The van der Waals surface area contributed by atoms with Crippen LogP contribution in [0, 0.1) is 0 Å². The van der Waals surface area contributed by atoms with Gasteiger partial charge in [-0.3, -0.25) is 4.79 Å². The van der Waals surface area contributed by atoms with Gasteiger partial charge in [0.1, 0.15) is 5.75 Å². The Bertz CT molecular complexity index is 413. The summed E-state index contributed by atoms with van der Waals surface area (Å²) in [4.78, 5) is 11.7. The molecule has 0 saturated heterocycles. The first kappa shape index (κ1) is 15.7. The molecule has 0 radical (unpaired) electrons. The second-order valence-electron chi connectivity index (χ2n) is 3.95. The smallest absolute Gasteiger partial charge is 0.225 e. The zero-order chi connectivity index (χ0) is 14.1. The first-order valence-corrected chi connectivity index (χ1v) is 7.25. The molecule has 0 aliphatic rings. The molecule has 1 rings (SSSR count). The van der Waals surface area contributed by atoms with Crippen LogP contribution in [0.15, 0.2) is 18.2 Å². The number of amides is 1. The van der Waals surface area contributed by atoms with E-state index in [-0.39, 0.29) is 12.5 Å². The quantitative estimate of drug-likeness (QED) is 0.500. The van der Waals surface area contributed by atoms with E-state index in [4.69, 9.17) is 15.6 Å². The third kappa shape index (κ3) is 5.85. The minimum Gasteiger partial charge on any atom is -0.494 e. The van der Waals surface area contributed by atoms with Gasteiger partial charge >= 0.3 is 0 Å².